The number of hydrogen-bond donors (Lipinski definition) is 2. The number of halogens is 2. The first-order valence-corrected chi connectivity index (χ1v) is 6.50. The fraction of sp³-hybridized carbons (Fsp3) is 0.500. The summed E-state index contributed by atoms with van der Waals surface area (Å²) in [7, 11) is 0. The van der Waals surface area contributed by atoms with E-state index in [1.165, 1.54) is 12.1 Å². The Hall–Kier alpha value is -1.01. The quantitative estimate of drug-likeness (QED) is 0.822. The summed E-state index contributed by atoms with van der Waals surface area (Å²) in [6.07, 6.45) is 1.78. The van der Waals surface area contributed by atoms with E-state index in [1.807, 2.05) is 0 Å². The van der Waals surface area contributed by atoms with Crippen molar-refractivity contribution in [1.29, 1.82) is 0 Å². The number of likely N-dealkylation sites (tertiary alicyclic amines) is 1. The molecule has 112 valence electrons. The van der Waals surface area contributed by atoms with Gasteiger partial charge in [0.15, 0.2) is 0 Å². The van der Waals surface area contributed by atoms with Crippen molar-refractivity contribution in [2.45, 2.75) is 31.0 Å². The highest BCUT2D eigenvalue weighted by atomic mass is 35.5. The molecule has 6 heteroatoms. The van der Waals surface area contributed by atoms with Crippen LogP contribution in [0.1, 0.15) is 24.4 Å². The zero-order valence-corrected chi connectivity index (χ0v) is 11.9. The molecule has 4 nitrogen and oxygen atoms in total. The van der Waals surface area contributed by atoms with Gasteiger partial charge in [-0.15, -0.1) is 12.4 Å². The van der Waals surface area contributed by atoms with Crippen molar-refractivity contribution in [2.24, 2.45) is 5.73 Å². The van der Waals surface area contributed by atoms with E-state index in [-0.39, 0.29) is 30.4 Å². The summed E-state index contributed by atoms with van der Waals surface area (Å²) >= 11 is 0. The minimum Gasteiger partial charge on any atom is -0.393 e. The molecule has 2 unspecified atom stereocenters. The number of nitrogens with zero attached hydrogens (tertiary/aromatic N) is 1. The van der Waals surface area contributed by atoms with Crippen LogP contribution in [0.25, 0.3) is 0 Å². The second-order valence-corrected chi connectivity index (χ2v) is 4.98. The van der Waals surface area contributed by atoms with E-state index in [4.69, 9.17) is 5.73 Å². The van der Waals surface area contributed by atoms with Gasteiger partial charge in [0.05, 0.1) is 18.2 Å². The molecule has 1 saturated heterocycles. The SMILES string of the molecule is Cl.NC(C=O)C(c1ccc(F)cc1)N1CCC(O)CC1. The Morgan fingerprint density at radius 1 is 1.30 bits per heavy atom. The predicted molar refractivity (Wildman–Crippen MR) is 77.2 cm³/mol. The van der Waals surface area contributed by atoms with Crippen LogP contribution in [0.15, 0.2) is 24.3 Å². The molecule has 0 radical (unpaired) electrons. The number of piperidine rings is 1. The lowest BCUT2D eigenvalue weighted by molar-refractivity contribution is -0.110. The van der Waals surface area contributed by atoms with Crippen molar-refractivity contribution in [1.82, 2.24) is 4.90 Å². The van der Waals surface area contributed by atoms with Crippen LogP contribution >= 0.6 is 12.4 Å². The summed E-state index contributed by atoms with van der Waals surface area (Å²) in [5.74, 6) is -0.309. The fourth-order valence-electron chi connectivity index (χ4n) is 2.57. The van der Waals surface area contributed by atoms with Gasteiger partial charge in [0.25, 0.3) is 0 Å². The molecule has 1 heterocycles. The Bertz CT molecular complexity index is 422. The highest BCUT2D eigenvalue weighted by molar-refractivity contribution is 5.85. The molecule has 2 atom stereocenters. The van der Waals surface area contributed by atoms with Gasteiger partial charge in [0.2, 0.25) is 0 Å². The van der Waals surface area contributed by atoms with Gasteiger partial charge in [-0.2, -0.15) is 0 Å². The Balaban J connectivity index is 0.00000200. The summed E-state index contributed by atoms with van der Waals surface area (Å²) in [4.78, 5) is 13.1. The molecule has 1 aliphatic rings. The molecule has 0 bridgehead atoms. The molecule has 1 fully saturated rings. The van der Waals surface area contributed by atoms with Gasteiger partial charge in [-0.05, 0) is 30.5 Å². The maximum atomic E-state index is 13.0. The number of carbonyl (C=O) groups is 1. The highest BCUT2D eigenvalue weighted by Crippen LogP contribution is 2.26. The van der Waals surface area contributed by atoms with Gasteiger partial charge >= 0.3 is 0 Å². The molecule has 0 saturated carbocycles. The zero-order valence-electron chi connectivity index (χ0n) is 11.1. The molecule has 1 aliphatic heterocycles. The van der Waals surface area contributed by atoms with Gasteiger partial charge in [0.1, 0.15) is 12.1 Å². The molecule has 1 aromatic rings. The van der Waals surface area contributed by atoms with E-state index in [9.17, 15) is 14.3 Å². The lowest BCUT2D eigenvalue weighted by atomic mass is 9.96. The first-order chi connectivity index (χ1) is 9.11. The Kier molecular flexibility index (Phi) is 6.55. The highest BCUT2D eigenvalue weighted by Gasteiger charge is 2.29. The lowest BCUT2D eigenvalue weighted by Gasteiger charge is -2.38. The molecule has 0 amide bonds. The summed E-state index contributed by atoms with van der Waals surface area (Å²) in [5, 5.41) is 9.53. The summed E-state index contributed by atoms with van der Waals surface area (Å²) in [6.45, 7) is 1.37. The Labute approximate surface area is 124 Å². The standard InChI is InChI=1S/C14H19FN2O2.ClH/c15-11-3-1-10(2-4-11)14(13(16)9-18)17-7-5-12(19)6-8-17;/h1-4,9,12-14,19H,5-8,16H2;1H. The average molecular weight is 303 g/mol. The Morgan fingerprint density at radius 2 is 1.85 bits per heavy atom. The van der Waals surface area contributed by atoms with Gasteiger partial charge in [0, 0.05) is 13.1 Å². The molecule has 0 aromatic heterocycles. The van der Waals surface area contributed by atoms with Crippen molar-refractivity contribution in [3.63, 3.8) is 0 Å². The second-order valence-electron chi connectivity index (χ2n) is 4.98. The fourth-order valence-corrected chi connectivity index (χ4v) is 2.57. The van der Waals surface area contributed by atoms with Gasteiger partial charge in [-0.25, -0.2) is 4.39 Å². The third-order valence-electron chi connectivity index (χ3n) is 3.63. The average Bonchev–Trinajstić information content (AvgIpc) is 2.43. The van der Waals surface area contributed by atoms with Crippen LogP contribution in [0.5, 0.6) is 0 Å². The number of carbonyl (C=O) groups excluding carboxylic acids is 1. The van der Waals surface area contributed by atoms with Crippen molar-refractivity contribution in [3.8, 4) is 0 Å². The number of hydrogen-bond acceptors (Lipinski definition) is 4. The summed E-state index contributed by atoms with van der Waals surface area (Å²) in [5.41, 5.74) is 6.72. The second kappa shape index (κ2) is 7.69. The maximum absolute atomic E-state index is 13.0. The van der Waals surface area contributed by atoms with E-state index in [1.54, 1.807) is 12.1 Å². The van der Waals surface area contributed by atoms with Crippen molar-refractivity contribution >= 4 is 18.7 Å². The molecule has 2 rings (SSSR count). The minimum absolute atomic E-state index is 0. The molecule has 3 N–H and O–H groups in total. The first-order valence-electron chi connectivity index (χ1n) is 6.50. The number of benzene rings is 1. The maximum Gasteiger partial charge on any atom is 0.138 e. The third kappa shape index (κ3) is 3.99. The normalized spacial score (nSPS) is 19.9. The van der Waals surface area contributed by atoms with Crippen LogP contribution < -0.4 is 5.73 Å². The zero-order chi connectivity index (χ0) is 13.8. The Morgan fingerprint density at radius 3 is 2.35 bits per heavy atom. The molecular weight excluding hydrogens is 283 g/mol. The van der Waals surface area contributed by atoms with Crippen molar-refractivity contribution < 1.29 is 14.3 Å². The van der Waals surface area contributed by atoms with Crippen LogP contribution in [0, 0.1) is 5.82 Å². The monoisotopic (exact) mass is 302 g/mol. The van der Waals surface area contributed by atoms with E-state index >= 15 is 0 Å². The van der Waals surface area contributed by atoms with Crippen molar-refractivity contribution in [3.05, 3.63) is 35.6 Å². The third-order valence-corrected chi connectivity index (χ3v) is 3.63. The van der Waals surface area contributed by atoms with Crippen LogP contribution in [-0.2, 0) is 4.79 Å². The topological polar surface area (TPSA) is 66.6 Å². The molecular formula is C14H20ClFN2O2. The van der Waals surface area contributed by atoms with E-state index in [0.29, 0.717) is 25.9 Å². The first kappa shape index (κ1) is 17.0. The molecule has 20 heavy (non-hydrogen) atoms. The number of aliphatic hydroxyl groups is 1. The van der Waals surface area contributed by atoms with Gasteiger partial charge in [-0.3, -0.25) is 4.90 Å². The predicted octanol–water partition coefficient (Wildman–Crippen LogP) is 1.27. The molecule has 0 aliphatic carbocycles. The smallest absolute Gasteiger partial charge is 0.138 e. The lowest BCUT2D eigenvalue weighted by Crippen LogP contribution is -2.46. The summed E-state index contributed by atoms with van der Waals surface area (Å²) in [6, 6.07) is 5.16. The summed E-state index contributed by atoms with van der Waals surface area (Å²) < 4.78 is 13.0. The van der Waals surface area contributed by atoms with Gasteiger partial charge < -0.3 is 15.6 Å². The van der Waals surface area contributed by atoms with Gasteiger partial charge in [-0.1, -0.05) is 12.1 Å². The largest absolute Gasteiger partial charge is 0.393 e. The number of rotatable bonds is 4. The van der Waals surface area contributed by atoms with Crippen LogP contribution in [0.2, 0.25) is 0 Å². The molecule has 1 aromatic carbocycles. The van der Waals surface area contributed by atoms with Crippen molar-refractivity contribution in [2.75, 3.05) is 13.1 Å². The van der Waals surface area contributed by atoms with Crippen LogP contribution in [-0.4, -0.2) is 41.5 Å². The van der Waals surface area contributed by atoms with E-state index < -0.39 is 6.04 Å². The van der Waals surface area contributed by atoms with E-state index in [0.717, 1.165) is 11.8 Å². The van der Waals surface area contributed by atoms with Crippen LogP contribution in [0.4, 0.5) is 4.39 Å². The minimum atomic E-state index is -0.652. The number of aliphatic hydroxyl groups excluding tert-OH is 1. The molecule has 0 spiro atoms. The van der Waals surface area contributed by atoms with E-state index in [2.05, 4.69) is 4.90 Å². The number of aldehydes is 1. The number of nitrogens with two attached hydrogens (primary N) is 1. The van der Waals surface area contributed by atoms with Crippen LogP contribution in [0.3, 0.4) is 0 Å².